The third-order valence-corrected chi connectivity index (χ3v) is 5.83. The number of hydrogen-bond acceptors (Lipinski definition) is 2. The molecule has 0 aliphatic heterocycles. The SMILES string of the molecule is CC(C)CCN(C1CC1)C1(CN)CCC(C(C)C)CC1. The van der Waals surface area contributed by atoms with Gasteiger partial charge in [-0.2, -0.15) is 0 Å². The van der Waals surface area contributed by atoms with Crippen molar-refractivity contribution in [2.45, 2.75) is 84.2 Å². The van der Waals surface area contributed by atoms with Crippen LogP contribution in [0.3, 0.4) is 0 Å². The van der Waals surface area contributed by atoms with Crippen LogP contribution in [0.5, 0.6) is 0 Å². The van der Waals surface area contributed by atoms with Gasteiger partial charge in [0.25, 0.3) is 0 Å². The summed E-state index contributed by atoms with van der Waals surface area (Å²) in [5.41, 5.74) is 6.63. The standard InChI is InChI=1S/C18H36N2/c1-14(2)9-12-20(17-5-6-17)18(13-19)10-7-16(8-11-18)15(3)4/h14-17H,5-13,19H2,1-4H3. The van der Waals surface area contributed by atoms with Crippen LogP contribution in [0, 0.1) is 17.8 Å². The minimum Gasteiger partial charge on any atom is -0.329 e. The zero-order valence-corrected chi connectivity index (χ0v) is 14.2. The lowest BCUT2D eigenvalue weighted by Gasteiger charge is -2.49. The average Bonchev–Trinajstić information content (AvgIpc) is 3.23. The molecule has 2 N–H and O–H groups in total. The van der Waals surface area contributed by atoms with Gasteiger partial charge in [-0.1, -0.05) is 27.7 Å². The largest absolute Gasteiger partial charge is 0.329 e. The average molecular weight is 281 g/mol. The van der Waals surface area contributed by atoms with E-state index in [0.29, 0.717) is 5.54 Å². The Morgan fingerprint density at radius 1 is 1.05 bits per heavy atom. The van der Waals surface area contributed by atoms with E-state index in [1.807, 2.05) is 0 Å². The summed E-state index contributed by atoms with van der Waals surface area (Å²) in [4.78, 5) is 2.84. The van der Waals surface area contributed by atoms with Gasteiger partial charge in [-0.3, -0.25) is 4.90 Å². The predicted octanol–water partition coefficient (Wildman–Crippen LogP) is 4.04. The lowest BCUT2D eigenvalue weighted by molar-refractivity contribution is 0.0248. The molecule has 2 nitrogen and oxygen atoms in total. The molecule has 0 atom stereocenters. The topological polar surface area (TPSA) is 29.3 Å². The molecule has 2 rings (SSSR count). The van der Waals surface area contributed by atoms with Crippen LogP contribution in [-0.2, 0) is 0 Å². The Hall–Kier alpha value is -0.0800. The summed E-state index contributed by atoms with van der Waals surface area (Å²) < 4.78 is 0. The van der Waals surface area contributed by atoms with Crippen molar-refractivity contribution in [2.75, 3.05) is 13.1 Å². The fourth-order valence-electron chi connectivity index (χ4n) is 4.04. The molecule has 0 aromatic rings. The molecular formula is C18H36N2. The molecule has 2 fully saturated rings. The van der Waals surface area contributed by atoms with E-state index in [1.165, 1.54) is 51.5 Å². The van der Waals surface area contributed by atoms with Gasteiger partial charge in [-0.15, -0.1) is 0 Å². The van der Waals surface area contributed by atoms with Crippen LogP contribution in [0.4, 0.5) is 0 Å². The van der Waals surface area contributed by atoms with Crippen LogP contribution >= 0.6 is 0 Å². The highest BCUT2D eigenvalue weighted by molar-refractivity contribution is 5.01. The number of hydrogen-bond donors (Lipinski definition) is 1. The molecule has 2 aliphatic rings. The molecule has 2 saturated carbocycles. The maximum atomic E-state index is 6.29. The third kappa shape index (κ3) is 3.76. The molecule has 2 aliphatic carbocycles. The summed E-state index contributed by atoms with van der Waals surface area (Å²) in [5, 5.41) is 0. The molecular weight excluding hydrogens is 244 g/mol. The van der Waals surface area contributed by atoms with Crippen molar-refractivity contribution in [3.05, 3.63) is 0 Å². The van der Waals surface area contributed by atoms with Gasteiger partial charge in [-0.05, 0) is 69.2 Å². The van der Waals surface area contributed by atoms with Gasteiger partial charge in [0.15, 0.2) is 0 Å². The Kier molecular flexibility index (Phi) is 5.53. The second-order valence-electron chi connectivity index (χ2n) is 8.12. The fourth-order valence-corrected chi connectivity index (χ4v) is 4.04. The minimum absolute atomic E-state index is 0.335. The molecule has 118 valence electrons. The number of nitrogens with zero attached hydrogens (tertiary/aromatic N) is 1. The summed E-state index contributed by atoms with van der Waals surface area (Å²) in [6.07, 6.45) is 9.59. The van der Waals surface area contributed by atoms with Crippen LogP contribution < -0.4 is 5.73 Å². The van der Waals surface area contributed by atoms with Crippen molar-refractivity contribution < 1.29 is 0 Å². The monoisotopic (exact) mass is 280 g/mol. The number of rotatable bonds is 7. The molecule has 0 bridgehead atoms. The van der Waals surface area contributed by atoms with Crippen LogP contribution in [0.2, 0.25) is 0 Å². The Morgan fingerprint density at radius 3 is 2.05 bits per heavy atom. The van der Waals surface area contributed by atoms with Crippen LogP contribution in [-0.4, -0.2) is 29.6 Å². The van der Waals surface area contributed by atoms with E-state index in [2.05, 4.69) is 32.6 Å². The van der Waals surface area contributed by atoms with Gasteiger partial charge < -0.3 is 5.73 Å². The zero-order valence-electron chi connectivity index (χ0n) is 14.2. The molecule has 0 heterocycles. The lowest BCUT2D eigenvalue weighted by Crippen LogP contribution is -2.57. The van der Waals surface area contributed by atoms with Gasteiger partial charge in [0.05, 0.1) is 0 Å². The number of nitrogens with two attached hydrogens (primary N) is 1. The fraction of sp³-hybridized carbons (Fsp3) is 1.00. The quantitative estimate of drug-likeness (QED) is 0.762. The van der Waals surface area contributed by atoms with E-state index in [0.717, 1.165) is 30.3 Å². The van der Waals surface area contributed by atoms with Crippen molar-refractivity contribution in [3.63, 3.8) is 0 Å². The van der Waals surface area contributed by atoms with E-state index >= 15 is 0 Å². The summed E-state index contributed by atoms with van der Waals surface area (Å²) in [7, 11) is 0. The van der Waals surface area contributed by atoms with Crippen LogP contribution in [0.1, 0.15) is 72.6 Å². The third-order valence-electron chi connectivity index (χ3n) is 5.83. The first-order chi connectivity index (χ1) is 9.48. The van der Waals surface area contributed by atoms with E-state index < -0.39 is 0 Å². The summed E-state index contributed by atoms with van der Waals surface area (Å²) in [6.45, 7) is 11.6. The van der Waals surface area contributed by atoms with Gasteiger partial charge in [0, 0.05) is 18.1 Å². The molecule has 0 aromatic carbocycles. The summed E-state index contributed by atoms with van der Waals surface area (Å²) in [6, 6.07) is 0.855. The second-order valence-corrected chi connectivity index (χ2v) is 8.12. The predicted molar refractivity (Wildman–Crippen MR) is 87.8 cm³/mol. The molecule has 2 heteroatoms. The van der Waals surface area contributed by atoms with Gasteiger partial charge in [0.1, 0.15) is 0 Å². The van der Waals surface area contributed by atoms with Crippen molar-refractivity contribution in [1.82, 2.24) is 4.90 Å². The molecule has 0 saturated heterocycles. The Morgan fingerprint density at radius 2 is 1.65 bits per heavy atom. The maximum absolute atomic E-state index is 6.29. The molecule has 0 amide bonds. The highest BCUT2D eigenvalue weighted by Crippen LogP contribution is 2.43. The smallest absolute Gasteiger partial charge is 0.0334 e. The molecule has 0 aromatic heterocycles. The zero-order chi connectivity index (χ0) is 14.8. The minimum atomic E-state index is 0.335. The van der Waals surface area contributed by atoms with Crippen LogP contribution in [0.15, 0.2) is 0 Å². The van der Waals surface area contributed by atoms with Gasteiger partial charge in [-0.25, -0.2) is 0 Å². The highest BCUT2D eigenvalue weighted by atomic mass is 15.3. The molecule has 0 radical (unpaired) electrons. The van der Waals surface area contributed by atoms with Crippen LogP contribution in [0.25, 0.3) is 0 Å². The van der Waals surface area contributed by atoms with Gasteiger partial charge >= 0.3 is 0 Å². The van der Waals surface area contributed by atoms with Crippen molar-refractivity contribution >= 4 is 0 Å². The second kappa shape index (κ2) is 6.79. The lowest BCUT2D eigenvalue weighted by atomic mass is 9.71. The first kappa shape index (κ1) is 16.3. The van der Waals surface area contributed by atoms with Gasteiger partial charge in [0.2, 0.25) is 0 Å². The Bertz CT molecular complexity index is 286. The summed E-state index contributed by atoms with van der Waals surface area (Å²) >= 11 is 0. The first-order valence-corrected chi connectivity index (χ1v) is 8.95. The van der Waals surface area contributed by atoms with Crippen molar-refractivity contribution in [1.29, 1.82) is 0 Å². The maximum Gasteiger partial charge on any atom is 0.0334 e. The van der Waals surface area contributed by atoms with Crippen molar-refractivity contribution in [2.24, 2.45) is 23.5 Å². The van der Waals surface area contributed by atoms with E-state index in [-0.39, 0.29) is 0 Å². The first-order valence-electron chi connectivity index (χ1n) is 8.95. The van der Waals surface area contributed by atoms with E-state index in [4.69, 9.17) is 5.73 Å². The molecule has 20 heavy (non-hydrogen) atoms. The Labute approximate surface area is 126 Å². The molecule has 0 unspecified atom stereocenters. The van der Waals surface area contributed by atoms with E-state index in [9.17, 15) is 0 Å². The Balaban J connectivity index is 2.00. The summed E-state index contributed by atoms with van der Waals surface area (Å²) in [5.74, 6) is 2.58. The highest BCUT2D eigenvalue weighted by Gasteiger charge is 2.45. The molecule has 0 spiro atoms. The van der Waals surface area contributed by atoms with E-state index in [1.54, 1.807) is 0 Å². The van der Waals surface area contributed by atoms with Crippen molar-refractivity contribution in [3.8, 4) is 0 Å². The normalized spacial score (nSPS) is 31.5.